The Morgan fingerprint density at radius 2 is 1.82 bits per heavy atom. The van der Waals surface area contributed by atoms with Crippen molar-refractivity contribution in [1.82, 2.24) is 0 Å². The quantitative estimate of drug-likeness (QED) is 0.290. The minimum atomic E-state index is -0.800. The van der Waals surface area contributed by atoms with Gasteiger partial charge in [0.2, 0.25) is 0 Å². The molecule has 0 saturated carbocycles. The summed E-state index contributed by atoms with van der Waals surface area (Å²) in [4.78, 5) is 48.5. The molecule has 0 aliphatic rings. The van der Waals surface area contributed by atoms with Crippen LogP contribution in [0.15, 0.2) is 48.5 Å². The molecule has 1 heterocycles. The van der Waals surface area contributed by atoms with Gasteiger partial charge in [-0.25, -0.2) is 9.18 Å². The number of benzene rings is 2. The molecule has 11 heteroatoms. The number of hydrogen-bond acceptors (Lipinski definition) is 7. The Morgan fingerprint density at radius 3 is 2.48 bits per heavy atom. The Hall–Kier alpha value is -4.12. The lowest BCUT2D eigenvalue weighted by Crippen LogP contribution is -2.16. The smallest absolute Gasteiger partial charge is 0.341 e. The number of nitrogens with one attached hydrogen (secondary N) is 2. The number of thiophene rings is 1. The van der Waals surface area contributed by atoms with Gasteiger partial charge >= 0.3 is 5.97 Å². The summed E-state index contributed by atoms with van der Waals surface area (Å²) < 4.78 is 19.1. The molecule has 0 saturated heterocycles. The van der Waals surface area contributed by atoms with Crippen LogP contribution in [0.3, 0.4) is 0 Å². The SMILES string of the molecule is CCOC(=O)c1c(NC(=O)c2ccccc2F)sc(C(=O)Nc2cccc([N+](=O)[O-])c2)c1C. The molecule has 0 atom stereocenters. The molecule has 1 aromatic heterocycles. The number of esters is 1. The number of nitrogens with zero attached hydrogens (tertiary/aromatic N) is 1. The highest BCUT2D eigenvalue weighted by molar-refractivity contribution is 7.19. The van der Waals surface area contributed by atoms with E-state index in [9.17, 15) is 28.9 Å². The van der Waals surface area contributed by atoms with Gasteiger partial charge in [-0.05, 0) is 37.6 Å². The summed E-state index contributed by atoms with van der Waals surface area (Å²) in [7, 11) is 0. The Labute approximate surface area is 191 Å². The molecule has 2 amide bonds. The number of nitro groups is 1. The first-order chi connectivity index (χ1) is 15.7. The number of halogens is 1. The van der Waals surface area contributed by atoms with Crippen molar-refractivity contribution >= 4 is 45.5 Å². The molecule has 0 aliphatic carbocycles. The summed E-state index contributed by atoms with van der Waals surface area (Å²) in [5, 5.41) is 16.0. The number of non-ortho nitro benzene ring substituents is 1. The summed E-state index contributed by atoms with van der Waals surface area (Å²) >= 11 is 0.806. The van der Waals surface area contributed by atoms with Crippen LogP contribution in [0.25, 0.3) is 0 Å². The molecule has 0 bridgehead atoms. The Morgan fingerprint density at radius 1 is 1.09 bits per heavy atom. The maximum atomic E-state index is 14.0. The molecule has 0 unspecified atom stereocenters. The fourth-order valence-electron chi connectivity index (χ4n) is 2.97. The van der Waals surface area contributed by atoms with Crippen molar-refractivity contribution in [2.24, 2.45) is 0 Å². The van der Waals surface area contributed by atoms with E-state index in [-0.39, 0.29) is 44.6 Å². The molecular formula is C22H18FN3O6S. The Bertz CT molecular complexity index is 1260. The van der Waals surface area contributed by atoms with Gasteiger partial charge in [-0.2, -0.15) is 0 Å². The molecule has 0 aliphatic heterocycles. The molecule has 3 rings (SSSR count). The van der Waals surface area contributed by atoms with Crippen LogP contribution in [0.5, 0.6) is 0 Å². The summed E-state index contributed by atoms with van der Waals surface area (Å²) in [5.41, 5.74) is -0.0562. The van der Waals surface area contributed by atoms with Crippen molar-refractivity contribution < 1.29 is 28.4 Å². The van der Waals surface area contributed by atoms with Crippen molar-refractivity contribution in [3.8, 4) is 0 Å². The van der Waals surface area contributed by atoms with Crippen LogP contribution in [-0.2, 0) is 4.74 Å². The second-order valence-corrected chi connectivity index (χ2v) is 7.70. The summed E-state index contributed by atoms with van der Waals surface area (Å²) in [6.07, 6.45) is 0. The molecule has 170 valence electrons. The number of nitro benzene ring substituents is 1. The number of carbonyl (C=O) groups excluding carboxylic acids is 3. The van der Waals surface area contributed by atoms with Crippen molar-refractivity contribution in [2.75, 3.05) is 17.2 Å². The van der Waals surface area contributed by atoms with Gasteiger partial charge in [0.25, 0.3) is 17.5 Å². The molecule has 3 aromatic rings. The zero-order valence-electron chi connectivity index (χ0n) is 17.5. The second-order valence-electron chi connectivity index (χ2n) is 6.68. The lowest BCUT2D eigenvalue weighted by molar-refractivity contribution is -0.384. The number of anilines is 2. The largest absolute Gasteiger partial charge is 0.462 e. The summed E-state index contributed by atoms with van der Waals surface area (Å²) in [6.45, 7) is 3.17. The van der Waals surface area contributed by atoms with Gasteiger partial charge in [0.05, 0.1) is 27.5 Å². The highest BCUT2D eigenvalue weighted by Crippen LogP contribution is 2.35. The zero-order valence-corrected chi connectivity index (χ0v) is 18.3. The lowest BCUT2D eigenvalue weighted by Gasteiger charge is -2.07. The number of rotatable bonds is 7. The van der Waals surface area contributed by atoms with Crippen molar-refractivity contribution in [1.29, 1.82) is 0 Å². The van der Waals surface area contributed by atoms with Gasteiger partial charge in [0.15, 0.2) is 0 Å². The number of hydrogen-bond donors (Lipinski definition) is 2. The van der Waals surface area contributed by atoms with Crippen molar-refractivity contribution in [3.63, 3.8) is 0 Å². The Balaban J connectivity index is 1.96. The highest BCUT2D eigenvalue weighted by Gasteiger charge is 2.27. The summed E-state index contributed by atoms with van der Waals surface area (Å²) in [6, 6.07) is 10.7. The second kappa shape index (κ2) is 10.0. The molecule has 0 spiro atoms. The van der Waals surface area contributed by atoms with Crippen LogP contribution in [0, 0.1) is 22.9 Å². The topological polar surface area (TPSA) is 128 Å². The standard InChI is InChI=1S/C22H18FN3O6S/c1-3-32-22(29)17-12(2)18(20(28)24-13-7-6-8-14(11-13)26(30)31)33-21(17)25-19(27)15-9-4-5-10-16(15)23/h4-11H,3H2,1-2H3,(H,24,28)(H,25,27). The van der Waals surface area contributed by atoms with E-state index in [0.29, 0.717) is 0 Å². The van der Waals surface area contributed by atoms with E-state index in [1.807, 2.05) is 0 Å². The first-order valence-corrected chi connectivity index (χ1v) is 10.5. The van der Waals surface area contributed by atoms with Crippen LogP contribution in [0.2, 0.25) is 0 Å². The minimum Gasteiger partial charge on any atom is -0.462 e. The van der Waals surface area contributed by atoms with E-state index >= 15 is 0 Å². The van der Waals surface area contributed by atoms with Crippen LogP contribution < -0.4 is 10.6 Å². The zero-order chi connectivity index (χ0) is 24.1. The average molecular weight is 471 g/mol. The first-order valence-electron chi connectivity index (χ1n) is 9.65. The van der Waals surface area contributed by atoms with Crippen LogP contribution >= 0.6 is 11.3 Å². The fourth-order valence-corrected chi connectivity index (χ4v) is 4.05. The monoisotopic (exact) mass is 471 g/mol. The molecule has 0 fully saturated rings. The van der Waals surface area contributed by atoms with Gasteiger partial charge in [0, 0.05) is 17.8 Å². The van der Waals surface area contributed by atoms with Crippen molar-refractivity contribution in [2.45, 2.75) is 13.8 Å². The number of carbonyl (C=O) groups is 3. The third-order valence-corrected chi connectivity index (χ3v) is 5.70. The van der Waals surface area contributed by atoms with Crippen LogP contribution in [0.1, 0.15) is 42.9 Å². The van der Waals surface area contributed by atoms with Gasteiger partial charge in [0.1, 0.15) is 10.8 Å². The van der Waals surface area contributed by atoms with Gasteiger partial charge in [-0.1, -0.05) is 18.2 Å². The number of amides is 2. The predicted molar refractivity (Wildman–Crippen MR) is 120 cm³/mol. The maximum Gasteiger partial charge on any atom is 0.341 e. The molecular weight excluding hydrogens is 453 g/mol. The molecule has 33 heavy (non-hydrogen) atoms. The van der Waals surface area contributed by atoms with E-state index in [1.165, 1.54) is 49.4 Å². The average Bonchev–Trinajstić information content (AvgIpc) is 3.10. The normalized spacial score (nSPS) is 10.4. The first kappa shape index (κ1) is 23.5. The fraction of sp³-hybridized carbons (Fsp3) is 0.136. The molecule has 9 nitrogen and oxygen atoms in total. The van der Waals surface area contributed by atoms with Gasteiger partial charge < -0.3 is 15.4 Å². The molecule has 2 aromatic carbocycles. The minimum absolute atomic E-state index is 0.0170. The van der Waals surface area contributed by atoms with E-state index < -0.39 is 28.5 Å². The Kier molecular flexibility index (Phi) is 7.13. The van der Waals surface area contributed by atoms with Crippen LogP contribution in [-0.4, -0.2) is 29.3 Å². The van der Waals surface area contributed by atoms with E-state index in [0.717, 1.165) is 17.4 Å². The van der Waals surface area contributed by atoms with Crippen molar-refractivity contribution in [3.05, 3.63) is 86.0 Å². The van der Waals surface area contributed by atoms with E-state index in [1.54, 1.807) is 6.92 Å². The third kappa shape index (κ3) is 5.21. The molecule has 0 radical (unpaired) electrons. The van der Waals surface area contributed by atoms with Crippen LogP contribution in [0.4, 0.5) is 20.8 Å². The van der Waals surface area contributed by atoms with E-state index in [2.05, 4.69) is 10.6 Å². The van der Waals surface area contributed by atoms with Gasteiger partial charge in [-0.15, -0.1) is 11.3 Å². The van der Waals surface area contributed by atoms with Gasteiger partial charge in [-0.3, -0.25) is 19.7 Å². The highest BCUT2D eigenvalue weighted by atomic mass is 32.1. The maximum absolute atomic E-state index is 14.0. The lowest BCUT2D eigenvalue weighted by atomic mass is 10.1. The number of ether oxygens (including phenoxy) is 1. The predicted octanol–water partition coefficient (Wildman–Crippen LogP) is 4.79. The summed E-state index contributed by atoms with van der Waals surface area (Å²) in [5.74, 6) is -2.95. The third-order valence-electron chi connectivity index (χ3n) is 4.49. The van der Waals surface area contributed by atoms with E-state index in [4.69, 9.17) is 4.74 Å². The molecule has 2 N–H and O–H groups in total.